The molecule has 0 unspecified atom stereocenters. The fraction of sp³-hybridized carbons (Fsp3) is 0.281. The predicted octanol–water partition coefficient (Wildman–Crippen LogP) is 13.7. The zero-order valence-electron chi connectivity index (χ0n) is 74.6. The van der Waals surface area contributed by atoms with Gasteiger partial charge in [0.25, 0.3) is 0 Å². The number of aryl methyl sites for hydroxylation is 7. The Morgan fingerprint density at radius 3 is 1.46 bits per heavy atom. The molecule has 0 bridgehead atoms. The molecule has 10 N–H and O–H groups in total. The molecule has 0 radical (unpaired) electrons. The second-order valence-corrected chi connectivity index (χ2v) is 27.2. The summed E-state index contributed by atoms with van der Waals surface area (Å²) in [7, 11) is 22.2. The highest BCUT2D eigenvalue weighted by Gasteiger charge is 2.34. The number of aromatic nitrogens is 6. The number of ether oxygens (including phenoxy) is 12. The molecule has 6 aromatic heterocycles. The van der Waals surface area contributed by atoms with Gasteiger partial charge in [0.1, 0.15) is 57.2 Å². The zero-order chi connectivity index (χ0) is 94.9. The number of nitrogens with one attached hydrogen (secondary N) is 3. The van der Waals surface area contributed by atoms with Gasteiger partial charge in [-0.3, -0.25) is 45.0 Å². The third-order valence-corrected chi connectivity index (χ3v) is 20.0. The molecule has 6 aromatic carbocycles. The van der Waals surface area contributed by atoms with Gasteiger partial charge in [-0.1, -0.05) is 6.92 Å². The van der Waals surface area contributed by atoms with E-state index in [4.69, 9.17) is 64.6 Å². The van der Waals surface area contributed by atoms with Gasteiger partial charge in [-0.2, -0.15) is 5.10 Å². The molecule has 6 heterocycles. The Labute approximate surface area is 729 Å². The van der Waals surface area contributed by atoms with Crippen LogP contribution in [0.4, 0.5) is 34.1 Å². The Morgan fingerprint density at radius 1 is 0.528 bits per heavy atom. The Morgan fingerprint density at radius 2 is 0.992 bits per heavy atom. The number of benzene rings is 6. The summed E-state index contributed by atoms with van der Waals surface area (Å²) in [6, 6.07) is 31.8. The number of carbonyl (C=O) groups is 8. The number of nitrogens with zero attached hydrogens (tertiary/aromatic N) is 7. The quantitative estimate of drug-likeness (QED) is 0.00752. The normalized spacial score (nSPS) is 11.0. The van der Waals surface area contributed by atoms with E-state index in [0.29, 0.717) is 107 Å². The van der Waals surface area contributed by atoms with Crippen molar-refractivity contribution in [1.82, 2.24) is 28.7 Å². The van der Waals surface area contributed by atoms with Crippen molar-refractivity contribution < 1.29 is 110 Å². The number of carbonyl (C=O) groups excluding carboxylic acids is 8. The van der Waals surface area contributed by atoms with Crippen molar-refractivity contribution in [3.8, 4) is 34.5 Å². The molecule has 13 rings (SSSR count). The van der Waals surface area contributed by atoms with Crippen LogP contribution in [0.5, 0.6) is 34.5 Å². The largest absolute Gasteiger partial charge is 0.497 e. The van der Waals surface area contributed by atoms with Crippen LogP contribution in [0.1, 0.15) is 133 Å². The fourth-order valence-electron chi connectivity index (χ4n) is 13.4. The van der Waals surface area contributed by atoms with E-state index in [1.165, 1.54) is 88.2 Å². The average Bonchev–Trinajstić information content (AvgIpc) is 1.61. The number of hydrogen-bond donors (Lipinski definition) is 7. The lowest BCUT2D eigenvalue weighted by Gasteiger charge is -2.12. The van der Waals surface area contributed by atoms with Crippen molar-refractivity contribution in [3.63, 3.8) is 0 Å². The van der Waals surface area contributed by atoms with E-state index in [0.717, 1.165) is 67.2 Å². The van der Waals surface area contributed by atoms with Crippen LogP contribution in [0.3, 0.4) is 0 Å². The van der Waals surface area contributed by atoms with E-state index in [-0.39, 0.29) is 70.2 Å². The number of nitrogens with two attached hydrogens (primary N) is 3. The van der Waals surface area contributed by atoms with Crippen LogP contribution in [0, 0.1) is 61.8 Å². The third kappa shape index (κ3) is 22.8. The van der Waals surface area contributed by atoms with Crippen LogP contribution in [-0.2, 0) is 61.0 Å². The van der Waals surface area contributed by atoms with Crippen LogP contribution >= 0.6 is 0 Å². The smallest absolute Gasteiger partial charge is 0.354 e. The minimum atomic E-state index is -0.568. The summed E-state index contributed by atoms with van der Waals surface area (Å²) >= 11 is 0. The first kappa shape index (κ1) is 100. The minimum Gasteiger partial charge on any atom is -0.497 e. The van der Waals surface area contributed by atoms with Crippen LogP contribution in [0.2, 0.25) is 0 Å². The van der Waals surface area contributed by atoms with Gasteiger partial charge in [0.05, 0.1) is 158 Å². The van der Waals surface area contributed by atoms with E-state index in [9.17, 15) is 63.7 Å². The average molecular weight is 1750 g/mol. The maximum atomic E-state index is 12.1. The highest BCUT2D eigenvalue weighted by Crippen LogP contribution is 2.42. The topological polar surface area (TPSA) is 516 Å². The predicted molar refractivity (Wildman–Crippen MR) is 478 cm³/mol. The van der Waals surface area contributed by atoms with Crippen molar-refractivity contribution in [2.24, 2.45) is 26.2 Å². The van der Waals surface area contributed by atoms with Crippen molar-refractivity contribution in [2.75, 3.05) is 108 Å². The molecule has 0 saturated heterocycles. The number of hydrazone groups is 1. The summed E-state index contributed by atoms with van der Waals surface area (Å²) in [5.74, 6) is 0.474. The molecule has 0 aliphatic heterocycles. The molecule has 38 heteroatoms. The van der Waals surface area contributed by atoms with Gasteiger partial charge in [0.15, 0.2) is 23.0 Å². The van der Waals surface area contributed by atoms with Crippen molar-refractivity contribution in [1.29, 1.82) is 0 Å². The summed E-state index contributed by atoms with van der Waals surface area (Å²) < 4.78 is 63.6. The number of hydrogen-bond acceptors (Lipinski definition) is 31. The SMILES string of the molecule is CC(=O)c1cc(C)ncc1N.CC/C(=N/Nc1ccc(OC)cc1)C(=O)OC.COC(=O)c1[nH]c2ccc(OC)c([N+](=O)[O-])c2c1C.COC(=O)c1[nH]c2ccc(OC)cc2c1C.COC(=O)c1c(C)c2c(N)c(OC)ccc2n1C.COC(=O)c1c(C)c2c([N+](=O)[O-])c(OC)ccc2n1C.COC1=CC(=O)c2c(c(C)c(CO)n2C)C1=O.COc1ccc(N)cc1. The summed E-state index contributed by atoms with van der Waals surface area (Å²) in [5, 5.41) is 38.3. The monoisotopic (exact) mass is 1750 g/mol. The number of methoxy groups -OCH3 is 12. The lowest BCUT2D eigenvalue weighted by molar-refractivity contribution is -0.384. The Bertz CT molecular complexity index is 6170. The number of pyridine rings is 1. The number of aromatic amines is 2. The molecule has 0 atom stereocenters. The Balaban J connectivity index is 0.000000226. The molecular weight excluding hydrogens is 1650 g/mol. The van der Waals surface area contributed by atoms with E-state index in [2.05, 4.69) is 35.0 Å². The molecule has 674 valence electrons. The van der Waals surface area contributed by atoms with Crippen molar-refractivity contribution >= 4 is 131 Å². The molecule has 1 aliphatic carbocycles. The van der Waals surface area contributed by atoms with Crippen molar-refractivity contribution in [3.05, 3.63) is 226 Å². The number of nitro groups is 2. The number of Topliss-reactive ketones (excluding diaryl/α,β-unsaturated/α-hetero) is 2. The van der Waals surface area contributed by atoms with Gasteiger partial charge in [0.2, 0.25) is 11.6 Å². The molecule has 12 aromatic rings. The number of fused-ring (bicyclic) bond motifs is 5. The molecule has 0 fully saturated rings. The maximum Gasteiger partial charge on any atom is 0.354 e. The number of rotatable bonds is 19. The molecular formula is C89H103N13O25. The first-order valence-corrected chi connectivity index (χ1v) is 38.2. The number of aliphatic hydroxyl groups is 1. The maximum absolute atomic E-state index is 12.1. The number of anilines is 4. The first-order valence-electron chi connectivity index (χ1n) is 38.2. The molecule has 0 amide bonds. The van der Waals surface area contributed by atoms with Crippen LogP contribution in [0.25, 0.3) is 43.6 Å². The number of H-pyrrole nitrogens is 2. The van der Waals surface area contributed by atoms with Gasteiger partial charge in [-0.05, 0) is 192 Å². The van der Waals surface area contributed by atoms with E-state index in [1.54, 1.807) is 113 Å². The highest BCUT2D eigenvalue weighted by atomic mass is 16.6. The van der Waals surface area contributed by atoms with Crippen LogP contribution in [0.15, 0.2) is 132 Å². The number of aliphatic hydroxyl groups excluding tert-OH is 1. The first-order chi connectivity index (χ1) is 60.3. The second-order valence-electron chi connectivity index (χ2n) is 27.2. The lowest BCUT2D eigenvalue weighted by atomic mass is 9.97. The van der Waals surface area contributed by atoms with Crippen LogP contribution < -0.4 is 51.0 Å². The number of nitro benzene ring substituents is 2. The van der Waals surface area contributed by atoms with Gasteiger partial charge in [-0.25, -0.2) is 24.0 Å². The number of ketones is 3. The van der Waals surface area contributed by atoms with Gasteiger partial charge in [0, 0.05) is 66.1 Å². The Kier molecular flexibility index (Phi) is 35.8. The molecule has 127 heavy (non-hydrogen) atoms. The van der Waals surface area contributed by atoms with Crippen LogP contribution in [-0.4, -0.2) is 182 Å². The van der Waals surface area contributed by atoms with E-state index < -0.39 is 27.8 Å². The number of nitrogen functional groups attached to an aromatic ring is 3. The summed E-state index contributed by atoms with van der Waals surface area (Å²) in [4.78, 5) is 124. The van der Waals surface area contributed by atoms with E-state index in [1.807, 2.05) is 95.4 Å². The third-order valence-electron chi connectivity index (χ3n) is 20.0. The van der Waals surface area contributed by atoms with Crippen molar-refractivity contribution in [2.45, 2.75) is 68.4 Å². The van der Waals surface area contributed by atoms with E-state index >= 15 is 0 Å². The summed E-state index contributed by atoms with van der Waals surface area (Å²) in [6.45, 7) is 13.7. The molecule has 38 nitrogen and oxygen atoms in total. The fourth-order valence-corrected chi connectivity index (χ4v) is 13.4. The molecule has 0 spiro atoms. The number of esters is 5. The van der Waals surface area contributed by atoms with Gasteiger partial charge < -0.3 is 103 Å². The lowest BCUT2D eigenvalue weighted by Crippen LogP contribution is -2.19. The second kappa shape index (κ2) is 45.4. The standard InChI is InChI=1S/C13H14N2O5.C13H16N2O3.C12H12N2O5.C12H16N2O3.C12H13NO4.C12H13NO3.C8H10N2O.C7H9NO/c1-7-10-8(14(2)11(7)13(16)20-4)5-6-9(19-3)12(10)15(17)18;1-7-10-8(5-6-9(17-3)11(10)14)15(2)12(7)13(16)18-4;1-6-9-7(13-10(6)12(15)19-3)4-5-8(18-2)11(9)14(16)17;1-4-11(12(15)17-3)14-13-9-5-7-10(16-2)8-6-9;1-6-7(5-14)13(2)11-8(15)4-9(17-3)12(16)10(6)11;1-7-9-6-8(15-2)4-5-10(9)13-11(7)12(14)16-3;1-5-3-7(6(2)11)8(9)4-10-5;1-9-7-4-2-6(8)3-5-7/h5-6H,1-4H3;5-6H,14H2,1-4H3;4-5,13H,1-3H3;5-8,13H,4H2,1-3H3;4,14H,5H2,1-3H3;4-6,13H,1-3H3;3-4H,9H2,1-2H3;2-5H,8H2,1H3/b;;;14-11-;;;;. The molecule has 1 aliphatic rings. The zero-order valence-corrected chi connectivity index (χ0v) is 74.6. The minimum absolute atomic E-state index is 0.0204. The number of allylic oxidation sites excluding steroid dienone is 2. The van der Waals surface area contributed by atoms with Gasteiger partial charge in [-0.15, -0.1) is 0 Å². The highest BCUT2D eigenvalue weighted by molar-refractivity contribution is 6.36. The summed E-state index contributed by atoms with van der Waals surface area (Å²) in [5.41, 5.74) is 32.6. The Hall–Kier alpha value is -15.8. The van der Waals surface area contributed by atoms with Gasteiger partial charge >= 0.3 is 41.2 Å². The molecule has 0 saturated carbocycles. The summed E-state index contributed by atoms with van der Waals surface area (Å²) in [6.07, 6.45) is 3.20.